The highest BCUT2D eigenvalue weighted by molar-refractivity contribution is 5.85. The van der Waals surface area contributed by atoms with Crippen LogP contribution in [0.5, 0.6) is 0 Å². The average Bonchev–Trinajstić information content (AvgIpc) is 2.74. The second-order valence-electron chi connectivity index (χ2n) is 4.61. The molecule has 0 spiro atoms. The van der Waals surface area contributed by atoms with Crippen molar-refractivity contribution in [2.24, 2.45) is 7.05 Å². The maximum absolute atomic E-state index is 11.8. The summed E-state index contributed by atoms with van der Waals surface area (Å²) in [7, 11) is 1.76. The molecule has 3 N–H and O–H groups in total. The molecular weight excluding hydrogens is 250 g/mol. The summed E-state index contributed by atoms with van der Waals surface area (Å²) in [6.45, 7) is 4.90. The first-order valence-corrected chi connectivity index (χ1v) is 5.96. The molecule has 0 aromatic carbocycles. The summed E-state index contributed by atoms with van der Waals surface area (Å²) in [6, 6.07) is -0.926. The number of aliphatic carboxylic acids is 1. The van der Waals surface area contributed by atoms with Gasteiger partial charge in [0.15, 0.2) is 5.82 Å². The lowest BCUT2D eigenvalue weighted by atomic mass is 10.00. The lowest BCUT2D eigenvalue weighted by Gasteiger charge is -2.25. The first-order chi connectivity index (χ1) is 8.80. The van der Waals surface area contributed by atoms with Crippen LogP contribution in [-0.2, 0) is 11.8 Å². The van der Waals surface area contributed by atoms with E-state index in [2.05, 4.69) is 20.8 Å². The van der Waals surface area contributed by atoms with Crippen LogP contribution in [-0.4, -0.2) is 37.4 Å². The van der Waals surface area contributed by atoms with E-state index in [9.17, 15) is 9.59 Å². The zero-order chi connectivity index (χ0) is 14.6. The summed E-state index contributed by atoms with van der Waals surface area (Å²) in [6.07, 6.45) is 1.81. The molecule has 1 aromatic heterocycles. The molecule has 0 saturated heterocycles. The standard InChI is InChI=1S/C11H19N5O3/c1-5-11(3,9(17)18)14-10(19)13-7(2)8-15-12-6-16(8)4/h6-7H,5H2,1-4H3,(H,17,18)(H2,13,14,19). The zero-order valence-electron chi connectivity index (χ0n) is 11.5. The highest BCUT2D eigenvalue weighted by Crippen LogP contribution is 2.11. The number of carbonyl (C=O) groups excluding carboxylic acids is 1. The highest BCUT2D eigenvalue weighted by Gasteiger charge is 2.33. The smallest absolute Gasteiger partial charge is 0.329 e. The number of carbonyl (C=O) groups is 2. The minimum atomic E-state index is -1.29. The average molecular weight is 269 g/mol. The predicted octanol–water partition coefficient (Wildman–Crippen LogP) is 0.429. The van der Waals surface area contributed by atoms with Gasteiger partial charge in [-0.05, 0) is 20.3 Å². The van der Waals surface area contributed by atoms with Gasteiger partial charge in [-0.1, -0.05) is 6.92 Å². The van der Waals surface area contributed by atoms with Crippen LogP contribution in [0.2, 0.25) is 0 Å². The van der Waals surface area contributed by atoms with E-state index in [0.717, 1.165) is 0 Å². The van der Waals surface area contributed by atoms with Crippen LogP contribution in [0.25, 0.3) is 0 Å². The van der Waals surface area contributed by atoms with Crippen LogP contribution in [0.15, 0.2) is 6.33 Å². The van der Waals surface area contributed by atoms with Gasteiger partial charge in [-0.25, -0.2) is 9.59 Å². The molecule has 1 heterocycles. The van der Waals surface area contributed by atoms with E-state index >= 15 is 0 Å². The fourth-order valence-corrected chi connectivity index (χ4v) is 1.53. The number of nitrogens with one attached hydrogen (secondary N) is 2. The Hall–Kier alpha value is -2.12. The van der Waals surface area contributed by atoms with Gasteiger partial charge in [0, 0.05) is 7.05 Å². The number of amides is 2. The summed E-state index contributed by atoms with van der Waals surface area (Å²) in [4.78, 5) is 22.9. The summed E-state index contributed by atoms with van der Waals surface area (Å²) < 4.78 is 1.68. The Bertz CT molecular complexity index is 473. The number of carboxylic acid groups (broad SMARTS) is 1. The Morgan fingerprint density at radius 1 is 1.58 bits per heavy atom. The lowest BCUT2D eigenvalue weighted by molar-refractivity contribution is -0.143. The molecule has 1 aromatic rings. The lowest BCUT2D eigenvalue weighted by Crippen LogP contribution is -2.55. The monoisotopic (exact) mass is 269 g/mol. The highest BCUT2D eigenvalue weighted by atomic mass is 16.4. The van der Waals surface area contributed by atoms with Crippen molar-refractivity contribution in [1.82, 2.24) is 25.4 Å². The number of aryl methyl sites for hydroxylation is 1. The van der Waals surface area contributed by atoms with E-state index in [1.807, 2.05) is 0 Å². The summed E-state index contributed by atoms with van der Waals surface area (Å²) >= 11 is 0. The van der Waals surface area contributed by atoms with Gasteiger partial charge in [-0.2, -0.15) is 0 Å². The van der Waals surface area contributed by atoms with E-state index in [0.29, 0.717) is 5.82 Å². The molecule has 8 nitrogen and oxygen atoms in total. The molecule has 0 aliphatic carbocycles. The molecular formula is C11H19N5O3. The number of nitrogens with zero attached hydrogens (tertiary/aromatic N) is 3. The van der Waals surface area contributed by atoms with Crippen molar-refractivity contribution in [1.29, 1.82) is 0 Å². The Labute approximate surface area is 111 Å². The number of carboxylic acids is 1. The predicted molar refractivity (Wildman–Crippen MR) is 67.4 cm³/mol. The van der Waals surface area contributed by atoms with Crippen molar-refractivity contribution in [2.75, 3.05) is 0 Å². The fourth-order valence-electron chi connectivity index (χ4n) is 1.53. The molecule has 0 aliphatic heterocycles. The van der Waals surface area contributed by atoms with Crippen molar-refractivity contribution in [3.8, 4) is 0 Å². The molecule has 0 fully saturated rings. The third kappa shape index (κ3) is 3.43. The topological polar surface area (TPSA) is 109 Å². The maximum Gasteiger partial charge on any atom is 0.329 e. The van der Waals surface area contributed by atoms with E-state index < -0.39 is 17.5 Å². The number of urea groups is 1. The minimum Gasteiger partial charge on any atom is -0.480 e. The van der Waals surface area contributed by atoms with Crippen molar-refractivity contribution in [3.05, 3.63) is 12.2 Å². The van der Waals surface area contributed by atoms with Gasteiger partial charge in [-0.3, -0.25) is 0 Å². The fraction of sp³-hybridized carbons (Fsp3) is 0.636. The van der Waals surface area contributed by atoms with Gasteiger partial charge in [0.05, 0.1) is 6.04 Å². The zero-order valence-corrected chi connectivity index (χ0v) is 11.5. The third-order valence-corrected chi connectivity index (χ3v) is 3.05. The molecule has 2 atom stereocenters. The van der Waals surface area contributed by atoms with Crippen molar-refractivity contribution in [2.45, 2.75) is 38.8 Å². The van der Waals surface area contributed by atoms with Gasteiger partial charge in [0.25, 0.3) is 0 Å². The van der Waals surface area contributed by atoms with Crippen LogP contribution in [0.1, 0.15) is 39.1 Å². The van der Waals surface area contributed by atoms with E-state index in [-0.39, 0.29) is 12.5 Å². The Balaban J connectivity index is 2.66. The minimum absolute atomic E-state index is 0.286. The third-order valence-electron chi connectivity index (χ3n) is 3.05. The summed E-state index contributed by atoms with van der Waals surface area (Å²) in [5.74, 6) is -0.486. The largest absolute Gasteiger partial charge is 0.480 e. The van der Waals surface area contributed by atoms with E-state index in [1.54, 1.807) is 25.5 Å². The van der Waals surface area contributed by atoms with Gasteiger partial charge in [0.2, 0.25) is 0 Å². The molecule has 106 valence electrons. The van der Waals surface area contributed by atoms with Gasteiger partial charge >= 0.3 is 12.0 Å². The number of hydrogen-bond acceptors (Lipinski definition) is 4. The van der Waals surface area contributed by atoms with Gasteiger partial charge in [-0.15, -0.1) is 10.2 Å². The molecule has 0 radical (unpaired) electrons. The SMILES string of the molecule is CCC(C)(NC(=O)NC(C)c1nncn1C)C(=O)O. The molecule has 2 unspecified atom stereocenters. The number of hydrogen-bond donors (Lipinski definition) is 3. The second kappa shape index (κ2) is 5.68. The van der Waals surface area contributed by atoms with Gasteiger partial charge < -0.3 is 20.3 Å². The first kappa shape index (κ1) is 14.9. The molecule has 0 saturated carbocycles. The number of aromatic nitrogens is 3. The van der Waals surface area contributed by atoms with Crippen LogP contribution in [0, 0.1) is 0 Å². The molecule has 8 heteroatoms. The first-order valence-electron chi connectivity index (χ1n) is 5.96. The van der Waals surface area contributed by atoms with Gasteiger partial charge in [0.1, 0.15) is 11.9 Å². The van der Waals surface area contributed by atoms with Crippen LogP contribution in [0.3, 0.4) is 0 Å². The molecule has 1 rings (SSSR count). The van der Waals surface area contributed by atoms with Crippen LogP contribution in [0.4, 0.5) is 4.79 Å². The van der Waals surface area contributed by atoms with Crippen molar-refractivity contribution >= 4 is 12.0 Å². The maximum atomic E-state index is 11.8. The summed E-state index contributed by atoms with van der Waals surface area (Å²) in [5.41, 5.74) is -1.29. The van der Waals surface area contributed by atoms with Crippen LogP contribution >= 0.6 is 0 Å². The van der Waals surface area contributed by atoms with Crippen molar-refractivity contribution in [3.63, 3.8) is 0 Å². The molecule has 19 heavy (non-hydrogen) atoms. The second-order valence-corrected chi connectivity index (χ2v) is 4.61. The van der Waals surface area contributed by atoms with Crippen LogP contribution < -0.4 is 10.6 Å². The van der Waals surface area contributed by atoms with E-state index in [4.69, 9.17) is 5.11 Å². The molecule has 0 aliphatic rings. The summed E-state index contributed by atoms with van der Waals surface area (Å²) in [5, 5.41) is 21.7. The van der Waals surface area contributed by atoms with Crippen molar-refractivity contribution < 1.29 is 14.7 Å². The molecule has 0 bridgehead atoms. The Morgan fingerprint density at radius 3 is 2.63 bits per heavy atom. The Morgan fingerprint density at radius 2 is 2.21 bits per heavy atom. The van der Waals surface area contributed by atoms with E-state index in [1.165, 1.54) is 13.3 Å². The number of rotatable bonds is 5. The normalized spacial score (nSPS) is 15.4. The Kier molecular flexibility index (Phi) is 4.47. The molecule has 2 amide bonds. The quantitative estimate of drug-likeness (QED) is 0.718.